The van der Waals surface area contributed by atoms with Gasteiger partial charge in [-0.05, 0) is 61.5 Å². The van der Waals surface area contributed by atoms with Crippen molar-refractivity contribution in [2.75, 3.05) is 19.0 Å². The number of aliphatic hydroxyl groups is 3. The average Bonchev–Trinajstić information content (AvgIpc) is 3.92. The monoisotopic (exact) mass is 906 g/mol. The molecule has 1 fully saturated rings. The van der Waals surface area contributed by atoms with Crippen molar-refractivity contribution in [1.29, 1.82) is 0 Å². The number of anilines is 1. The first-order valence-electron chi connectivity index (χ1n) is 18.1. The largest absolute Gasteiger partial charge is 0.446 e. The maximum absolute atomic E-state index is 12.8. The minimum absolute atomic E-state index is 0.0148. The maximum atomic E-state index is 12.8. The van der Waals surface area contributed by atoms with Gasteiger partial charge in [0.2, 0.25) is 0 Å². The van der Waals surface area contributed by atoms with Gasteiger partial charge in [-0.1, -0.05) is 35.9 Å². The molecule has 2 aromatic carbocycles. The van der Waals surface area contributed by atoms with E-state index in [0.29, 0.717) is 44.7 Å². The molecule has 1 saturated carbocycles. The van der Waals surface area contributed by atoms with Crippen molar-refractivity contribution >= 4 is 51.0 Å². The molecule has 5 unspecified atom stereocenters. The van der Waals surface area contributed by atoms with Crippen molar-refractivity contribution in [3.05, 3.63) is 106 Å². The van der Waals surface area contributed by atoms with Crippen LogP contribution in [0.4, 0.5) is 19.0 Å². The number of aliphatic hydroxyl groups excluding tert-OH is 3. The third-order valence-electron chi connectivity index (χ3n) is 9.14. The zero-order valence-corrected chi connectivity index (χ0v) is 34.6. The molecule has 0 aliphatic heterocycles. The number of aryl methyl sites for hydroxylation is 1. The molecule has 4 aromatic heterocycles. The topological polar surface area (TPSA) is 240 Å². The van der Waals surface area contributed by atoms with Crippen LogP contribution in [0.1, 0.15) is 23.7 Å². The summed E-state index contributed by atoms with van der Waals surface area (Å²) < 4.78 is 72.1. The van der Waals surface area contributed by atoms with Gasteiger partial charge in [0.1, 0.15) is 23.2 Å². The van der Waals surface area contributed by atoms with Gasteiger partial charge in [-0.2, -0.15) is 50.8 Å². The molecule has 1 amide bonds. The lowest BCUT2D eigenvalue weighted by Crippen LogP contribution is -2.43. The number of fused-ring (bicyclic) bond motifs is 1. The van der Waals surface area contributed by atoms with E-state index in [2.05, 4.69) is 39.8 Å². The molecular weight excluding hydrogens is 869 g/mol. The molecular formula is C37H38ClF3N10O8S2. The smallest absolute Gasteiger partial charge is 0.394 e. The van der Waals surface area contributed by atoms with Gasteiger partial charge in [0.25, 0.3) is 11.5 Å². The zero-order valence-electron chi connectivity index (χ0n) is 32.2. The van der Waals surface area contributed by atoms with Crippen LogP contribution in [0, 0.1) is 0 Å². The fourth-order valence-corrected chi connectivity index (χ4v) is 7.60. The molecule has 0 spiro atoms. The van der Waals surface area contributed by atoms with Gasteiger partial charge in [-0.3, -0.25) is 18.5 Å². The second-order valence-electron chi connectivity index (χ2n) is 13.6. The van der Waals surface area contributed by atoms with E-state index in [1.807, 2.05) is 0 Å². The van der Waals surface area contributed by atoms with Crippen molar-refractivity contribution in [3.63, 3.8) is 0 Å². The highest BCUT2D eigenvalue weighted by Crippen LogP contribution is 2.38. The second-order valence-corrected chi connectivity index (χ2v) is 16.7. The summed E-state index contributed by atoms with van der Waals surface area (Å²) in [5.41, 5.74) is -2.31. The molecule has 324 valence electrons. The molecule has 1 aliphatic carbocycles. The minimum Gasteiger partial charge on any atom is -0.394 e. The predicted molar refractivity (Wildman–Crippen MR) is 218 cm³/mol. The fourth-order valence-electron chi connectivity index (χ4n) is 6.17. The van der Waals surface area contributed by atoms with Crippen LogP contribution in [-0.2, 0) is 21.5 Å². The predicted octanol–water partition coefficient (Wildman–Crippen LogP) is 3.16. The highest BCUT2D eigenvalue weighted by Gasteiger charge is 2.43. The van der Waals surface area contributed by atoms with Crippen molar-refractivity contribution in [3.8, 4) is 28.2 Å². The maximum Gasteiger partial charge on any atom is 0.446 e. The fraction of sp³-hybridized carbons (Fsp3) is 0.297. The lowest BCUT2D eigenvalue weighted by atomic mass is 10.1. The van der Waals surface area contributed by atoms with Crippen LogP contribution in [0.3, 0.4) is 0 Å². The second kappa shape index (κ2) is 18.7. The number of halogens is 4. The number of amides is 1. The van der Waals surface area contributed by atoms with Gasteiger partial charge in [0, 0.05) is 46.4 Å². The Hall–Kier alpha value is -5.40. The van der Waals surface area contributed by atoms with E-state index in [4.69, 9.17) is 16.7 Å². The minimum atomic E-state index is -4.42. The first kappa shape index (κ1) is 45.1. The van der Waals surface area contributed by atoms with Crippen LogP contribution >= 0.6 is 23.4 Å². The molecule has 0 saturated heterocycles. The molecule has 6 N–H and O–H groups in total. The number of rotatable bonds is 12. The SMILES string of the molecule is CC(CO)NC(=O)c1cc(-c2ccc(Cl)cc2)nn(-c2cnn(C)c2)c1=O.COS(=O)(=O)NC1CC(Nc2ccnc3cc(-c4cccc(SC(F)(F)F)c4)nn23)C(O)C1O. The summed E-state index contributed by atoms with van der Waals surface area (Å²) in [6.07, 6.45) is 1.93. The van der Waals surface area contributed by atoms with Crippen LogP contribution in [0.25, 0.3) is 33.8 Å². The molecule has 18 nitrogen and oxygen atoms in total. The lowest BCUT2D eigenvalue weighted by molar-refractivity contribution is -0.0328. The Morgan fingerprint density at radius 3 is 2.39 bits per heavy atom. The molecule has 1 aliphatic rings. The number of alkyl halides is 3. The Morgan fingerprint density at radius 1 is 1.03 bits per heavy atom. The van der Waals surface area contributed by atoms with E-state index in [1.165, 1.54) is 45.9 Å². The summed E-state index contributed by atoms with van der Waals surface area (Å²) in [4.78, 5) is 29.6. The van der Waals surface area contributed by atoms with E-state index in [1.54, 1.807) is 62.6 Å². The molecule has 61 heavy (non-hydrogen) atoms. The Kier molecular flexibility index (Phi) is 13.8. The third-order valence-corrected chi connectivity index (χ3v) is 11.1. The van der Waals surface area contributed by atoms with Gasteiger partial charge in [-0.15, -0.1) is 0 Å². The van der Waals surface area contributed by atoms with Crippen LogP contribution < -0.4 is 20.9 Å². The van der Waals surface area contributed by atoms with Gasteiger partial charge in [-0.25, -0.2) is 4.98 Å². The first-order valence-corrected chi connectivity index (χ1v) is 20.7. The normalized spacial score (nSPS) is 18.4. The molecule has 5 atom stereocenters. The molecule has 0 radical (unpaired) electrons. The van der Waals surface area contributed by atoms with E-state index >= 15 is 0 Å². The van der Waals surface area contributed by atoms with Crippen molar-refractivity contribution in [2.24, 2.45) is 7.05 Å². The number of hydrogen-bond acceptors (Lipinski definition) is 14. The third kappa shape index (κ3) is 11.1. The van der Waals surface area contributed by atoms with Gasteiger partial charge in [0.05, 0.1) is 55.7 Å². The number of hydrogen-bond donors (Lipinski definition) is 6. The van der Waals surface area contributed by atoms with Crippen molar-refractivity contribution in [1.82, 2.24) is 44.2 Å². The van der Waals surface area contributed by atoms with Gasteiger partial charge >= 0.3 is 15.8 Å². The van der Waals surface area contributed by atoms with Crippen LogP contribution in [0.2, 0.25) is 5.02 Å². The van der Waals surface area contributed by atoms with E-state index < -0.39 is 57.6 Å². The highest BCUT2D eigenvalue weighted by atomic mass is 35.5. The number of benzene rings is 2. The quantitative estimate of drug-likeness (QED) is 0.0968. The summed E-state index contributed by atoms with van der Waals surface area (Å²) in [5, 5.41) is 48.8. The number of carbonyl (C=O) groups excluding carboxylic acids is 1. The van der Waals surface area contributed by atoms with E-state index in [9.17, 15) is 41.4 Å². The van der Waals surface area contributed by atoms with Crippen LogP contribution in [0.15, 0.2) is 95.0 Å². The summed E-state index contributed by atoms with van der Waals surface area (Å²) in [7, 11) is -1.40. The average molecular weight is 907 g/mol. The zero-order chi connectivity index (χ0) is 44.2. The van der Waals surface area contributed by atoms with Crippen LogP contribution in [0.5, 0.6) is 0 Å². The lowest BCUT2D eigenvalue weighted by Gasteiger charge is -2.19. The van der Waals surface area contributed by atoms with E-state index in [0.717, 1.165) is 11.8 Å². The molecule has 6 aromatic rings. The Bertz CT molecular complexity index is 2680. The number of aromatic nitrogens is 7. The standard InChI is InChI=1S/C19H20F3N5O5S2.C18H18ClN5O3/c1-32-34(30,31)26-14-8-13(17(28)18(14)29)24-15-5-6-23-16-9-12(25-27(15)16)10-3-2-4-11(7-10)33-19(20,21)22;1-11(10-25)21-17(26)15-7-16(12-3-5-13(19)6-4-12)22-24(18(15)27)14-8-20-23(2)9-14/h2-7,9,13-14,17-18,24,26,28-29H,8H2,1H3;3-9,11,25H,10H2,1-2H3,(H,21,26). The number of carbonyl (C=O) groups is 1. The van der Waals surface area contributed by atoms with Crippen LogP contribution in [-0.4, -0.2) is 113 Å². The summed E-state index contributed by atoms with van der Waals surface area (Å²) in [6, 6.07) is 15.1. The number of nitrogens with zero attached hydrogens (tertiary/aromatic N) is 7. The summed E-state index contributed by atoms with van der Waals surface area (Å²) >= 11 is 5.71. The highest BCUT2D eigenvalue weighted by molar-refractivity contribution is 8.00. The van der Waals surface area contributed by atoms with Crippen molar-refractivity contribution < 1.29 is 45.9 Å². The Morgan fingerprint density at radius 2 is 1.74 bits per heavy atom. The molecule has 4 heterocycles. The molecule has 0 bridgehead atoms. The number of nitrogens with one attached hydrogen (secondary N) is 3. The van der Waals surface area contributed by atoms with Gasteiger partial charge < -0.3 is 26.0 Å². The summed E-state index contributed by atoms with van der Waals surface area (Å²) in [5.74, 6) is -0.208. The molecule has 7 rings (SSSR count). The van der Waals surface area contributed by atoms with Gasteiger partial charge in [0.15, 0.2) is 5.65 Å². The van der Waals surface area contributed by atoms with Crippen molar-refractivity contribution in [2.45, 2.75) is 54.1 Å². The molecule has 24 heteroatoms. The Labute approximate surface area is 354 Å². The Balaban J connectivity index is 0.000000210. The number of thioether (sulfide) groups is 1. The van der Waals surface area contributed by atoms with E-state index in [-0.39, 0.29) is 35.2 Å². The first-order chi connectivity index (χ1) is 28.8. The summed E-state index contributed by atoms with van der Waals surface area (Å²) in [6.45, 7) is 1.40.